The summed E-state index contributed by atoms with van der Waals surface area (Å²) >= 11 is 5.55. The van der Waals surface area contributed by atoms with Crippen LogP contribution in [0.1, 0.15) is 0 Å². The van der Waals surface area contributed by atoms with Crippen LogP contribution in [0.2, 0.25) is 5.02 Å². The highest BCUT2D eigenvalue weighted by molar-refractivity contribution is 6.30. The third-order valence-electron chi connectivity index (χ3n) is 2.38. The summed E-state index contributed by atoms with van der Waals surface area (Å²) in [5, 5.41) is 13.4. The van der Waals surface area contributed by atoms with Crippen molar-refractivity contribution in [1.29, 1.82) is 0 Å². The molecule has 9 heteroatoms. The van der Waals surface area contributed by atoms with Gasteiger partial charge >= 0.3 is 5.69 Å². The standard InChI is InChI=1S/C12H9ClFN5O2/c13-8-4-3-7(6-9(8)14)17-12(15)18-11-10(19(20)21)2-1-5-16-11/h1-6H,(H3,15,16,17,18). The molecular weight excluding hydrogens is 301 g/mol. The van der Waals surface area contributed by atoms with Gasteiger partial charge in [0.2, 0.25) is 5.82 Å². The average Bonchev–Trinajstić information content (AvgIpc) is 2.43. The molecule has 0 fully saturated rings. The summed E-state index contributed by atoms with van der Waals surface area (Å²) in [6.07, 6.45) is 1.35. The van der Waals surface area contributed by atoms with E-state index in [2.05, 4.69) is 15.3 Å². The molecule has 0 aliphatic carbocycles. The maximum absolute atomic E-state index is 13.3. The zero-order valence-electron chi connectivity index (χ0n) is 10.5. The topological polar surface area (TPSA) is 106 Å². The van der Waals surface area contributed by atoms with Crippen molar-refractivity contribution in [3.8, 4) is 0 Å². The Kier molecular flexibility index (Phi) is 4.29. The highest BCUT2D eigenvalue weighted by atomic mass is 35.5. The van der Waals surface area contributed by atoms with Crippen LogP contribution in [0.15, 0.2) is 41.5 Å². The Hall–Kier alpha value is -2.74. The molecular formula is C12H9ClFN5O2. The maximum Gasteiger partial charge on any atom is 0.313 e. The lowest BCUT2D eigenvalue weighted by Crippen LogP contribution is -2.22. The van der Waals surface area contributed by atoms with Crippen molar-refractivity contribution in [2.75, 3.05) is 5.32 Å². The van der Waals surface area contributed by atoms with Crippen LogP contribution in [-0.4, -0.2) is 15.9 Å². The van der Waals surface area contributed by atoms with Gasteiger partial charge < -0.3 is 11.1 Å². The van der Waals surface area contributed by atoms with Crippen LogP contribution < -0.4 is 11.1 Å². The third-order valence-corrected chi connectivity index (χ3v) is 2.69. The van der Waals surface area contributed by atoms with Crippen molar-refractivity contribution < 1.29 is 9.31 Å². The van der Waals surface area contributed by atoms with Gasteiger partial charge in [-0.05, 0) is 24.3 Å². The molecule has 7 nitrogen and oxygen atoms in total. The zero-order chi connectivity index (χ0) is 15.4. The minimum absolute atomic E-state index is 0.0311. The molecule has 0 radical (unpaired) electrons. The van der Waals surface area contributed by atoms with Gasteiger partial charge in [-0.2, -0.15) is 4.99 Å². The lowest BCUT2D eigenvalue weighted by Gasteiger charge is -2.06. The van der Waals surface area contributed by atoms with Crippen LogP contribution in [0, 0.1) is 15.9 Å². The summed E-state index contributed by atoms with van der Waals surface area (Å²) < 4.78 is 13.3. The van der Waals surface area contributed by atoms with E-state index in [0.29, 0.717) is 5.69 Å². The highest BCUT2D eigenvalue weighted by Crippen LogP contribution is 2.23. The number of benzene rings is 1. The van der Waals surface area contributed by atoms with E-state index in [0.717, 1.165) is 6.07 Å². The number of aromatic nitrogens is 1. The van der Waals surface area contributed by atoms with E-state index in [-0.39, 0.29) is 22.5 Å². The Morgan fingerprint density at radius 3 is 2.90 bits per heavy atom. The minimum Gasteiger partial charge on any atom is -0.369 e. The van der Waals surface area contributed by atoms with Gasteiger partial charge in [0.1, 0.15) is 5.82 Å². The number of guanidine groups is 1. The number of nitrogens with one attached hydrogen (secondary N) is 1. The molecule has 1 aromatic heterocycles. The molecule has 0 unspecified atom stereocenters. The summed E-state index contributed by atoms with van der Waals surface area (Å²) in [4.78, 5) is 17.8. The number of rotatable bonds is 3. The van der Waals surface area contributed by atoms with E-state index in [4.69, 9.17) is 17.3 Å². The summed E-state index contributed by atoms with van der Waals surface area (Å²) in [5.41, 5.74) is 5.63. The van der Waals surface area contributed by atoms with E-state index < -0.39 is 10.7 Å². The molecule has 0 saturated carbocycles. The van der Waals surface area contributed by atoms with Crippen molar-refractivity contribution in [3.63, 3.8) is 0 Å². The predicted octanol–water partition coefficient (Wildman–Crippen LogP) is 2.84. The Bertz CT molecular complexity index is 723. The molecule has 2 aromatic rings. The van der Waals surface area contributed by atoms with Gasteiger partial charge in [0.15, 0.2) is 5.96 Å². The lowest BCUT2D eigenvalue weighted by molar-refractivity contribution is -0.384. The van der Waals surface area contributed by atoms with Gasteiger partial charge in [-0.3, -0.25) is 10.1 Å². The zero-order valence-corrected chi connectivity index (χ0v) is 11.2. The van der Waals surface area contributed by atoms with Crippen LogP contribution in [-0.2, 0) is 0 Å². The van der Waals surface area contributed by atoms with Crippen LogP contribution in [0.25, 0.3) is 0 Å². The SMILES string of the molecule is N/C(=N\c1ncccc1[N+](=O)[O-])Nc1ccc(Cl)c(F)c1. The van der Waals surface area contributed by atoms with E-state index in [1.54, 1.807) is 0 Å². The molecule has 0 atom stereocenters. The van der Waals surface area contributed by atoms with Crippen molar-refractivity contribution in [3.05, 3.63) is 57.5 Å². The number of anilines is 1. The van der Waals surface area contributed by atoms with Gasteiger partial charge in [0.05, 0.1) is 9.95 Å². The van der Waals surface area contributed by atoms with Crippen LogP contribution >= 0.6 is 11.6 Å². The smallest absolute Gasteiger partial charge is 0.313 e. The number of hydrogen-bond donors (Lipinski definition) is 2. The number of hydrogen-bond acceptors (Lipinski definition) is 4. The van der Waals surface area contributed by atoms with Gasteiger partial charge in [-0.25, -0.2) is 9.37 Å². The van der Waals surface area contributed by atoms with E-state index in [1.165, 1.54) is 30.5 Å². The fourth-order valence-corrected chi connectivity index (χ4v) is 1.60. The van der Waals surface area contributed by atoms with Crippen molar-refractivity contribution >= 4 is 34.8 Å². The summed E-state index contributed by atoms with van der Waals surface area (Å²) in [7, 11) is 0. The highest BCUT2D eigenvalue weighted by Gasteiger charge is 2.13. The molecule has 0 amide bonds. The molecule has 0 bridgehead atoms. The molecule has 0 aliphatic rings. The Balaban J connectivity index is 2.25. The van der Waals surface area contributed by atoms with Crippen LogP contribution in [0.5, 0.6) is 0 Å². The number of nitrogens with zero attached hydrogens (tertiary/aromatic N) is 3. The van der Waals surface area contributed by atoms with Gasteiger partial charge in [-0.15, -0.1) is 0 Å². The third kappa shape index (κ3) is 3.63. The number of aliphatic imine (C=N–C) groups is 1. The number of nitrogens with two attached hydrogens (primary N) is 1. The first-order valence-electron chi connectivity index (χ1n) is 5.63. The maximum atomic E-state index is 13.3. The van der Waals surface area contributed by atoms with Crippen molar-refractivity contribution in [1.82, 2.24) is 4.98 Å². The second-order valence-corrected chi connectivity index (χ2v) is 4.26. The fraction of sp³-hybridized carbons (Fsp3) is 0. The fourth-order valence-electron chi connectivity index (χ4n) is 1.48. The molecule has 0 saturated heterocycles. The molecule has 21 heavy (non-hydrogen) atoms. The normalized spacial score (nSPS) is 11.2. The Morgan fingerprint density at radius 1 is 1.48 bits per heavy atom. The average molecular weight is 310 g/mol. The molecule has 1 heterocycles. The Labute approximate surface area is 123 Å². The second-order valence-electron chi connectivity index (χ2n) is 3.85. The summed E-state index contributed by atoms with van der Waals surface area (Å²) in [6.45, 7) is 0. The van der Waals surface area contributed by atoms with E-state index in [1.807, 2.05) is 0 Å². The summed E-state index contributed by atoms with van der Waals surface area (Å²) in [6, 6.07) is 6.62. The lowest BCUT2D eigenvalue weighted by atomic mass is 10.3. The predicted molar refractivity (Wildman–Crippen MR) is 77.2 cm³/mol. The number of pyridine rings is 1. The Morgan fingerprint density at radius 2 is 2.24 bits per heavy atom. The molecule has 1 aromatic carbocycles. The largest absolute Gasteiger partial charge is 0.369 e. The van der Waals surface area contributed by atoms with E-state index >= 15 is 0 Å². The molecule has 3 N–H and O–H groups in total. The number of halogens is 2. The first-order chi connectivity index (χ1) is 9.97. The van der Waals surface area contributed by atoms with Gasteiger partial charge in [0, 0.05) is 18.0 Å². The molecule has 2 rings (SSSR count). The van der Waals surface area contributed by atoms with Gasteiger partial charge in [0.25, 0.3) is 0 Å². The number of nitro groups is 1. The summed E-state index contributed by atoms with van der Waals surface area (Å²) in [5.74, 6) is -0.946. The van der Waals surface area contributed by atoms with Crippen molar-refractivity contribution in [2.24, 2.45) is 10.7 Å². The second kappa shape index (κ2) is 6.14. The first kappa shape index (κ1) is 14.7. The minimum atomic E-state index is -0.627. The molecule has 0 spiro atoms. The first-order valence-corrected chi connectivity index (χ1v) is 6.01. The van der Waals surface area contributed by atoms with E-state index in [9.17, 15) is 14.5 Å². The monoisotopic (exact) mass is 309 g/mol. The molecule has 108 valence electrons. The van der Waals surface area contributed by atoms with Crippen LogP contribution in [0.4, 0.5) is 21.6 Å². The quantitative estimate of drug-likeness (QED) is 0.392. The van der Waals surface area contributed by atoms with Crippen LogP contribution in [0.3, 0.4) is 0 Å². The van der Waals surface area contributed by atoms with Gasteiger partial charge in [-0.1, -0.05) is 11.6 Å². The van der Waals surface area contributed by atoms with Crippen molar-refractivity contribution in [2.45, 2.75) is 0 Å². The molecule has 0 aliphatic heterocycles.